The number of carboxylic acid groups (broad SMARTS) is 1. The minimum absolute atomic E-state index is 0.0984. The molecule has 1 fully saturated rings. The quantitative estimate of drug-likeness (QED) is 0.857. The van der Waals surface area contributed by atoms with Crippen molar-refractivity contribution >= 4 is 17.9 Å². The number of rotatable bonds is 4. The van der Waals surface area contributed by atoms with E-state index in [1.54, 1.807) is 12.1 Å². The molecule has 2 aromatic carbocycles. The maximum Gasteiger partial charge on any atom is 0.328 e. The molecule has 0 aromatic heterocycles. The Labute approximate surface area is 150 Å². The standard InChI is InChI=1S/C20H18N2O4/c23-18-16-11-14-8-4-5-9-15(14)12-21(16)20(26)22(18)17(19(24)25)10-13-6-2-1-3-7-13/h1-9,16-17H,10-12H2,(H,24,25)/t16-,17-/m0/s1. The Balaban J connectivity index is 1.64. The molecule has 6 heteroatoms. The van der Waals surface area contributed by atoms with E-state index in [2.05, 4.69) is 0 Å². The van der Waals surface area contributed by atoms with Gasteiger partial charge in [-0.1, -0.05) is 54.6 Å². The number of carboxylic acids is 1. The Kier molecular flexibility index (Phi) is 3.95. The Morgan fingerprint density at radius 3 is 2.38 bits per heavy atom. The summed E-state index contributed by atoms with van der Waals surface area (Å²) in [5.74, 6) is -1.60. The summed E-state index contributed by atoms with van der Waals surface area (Å²) in [6.45, 7) is 0.333. The van der Waals surface area contributed by atoms with Crippen molar-refractivity contribution in [3.8, 4) is 0 Å². The molecule has 1 saturated heterocycles. The van der Waals surface area contributed by atoms with Crippen LogP contribution < -0.4 is 0 Å². The van der Waals surface area contributed by atoms with Gasteiger partial charge in [0, 0.05) is 19.4 Å². The van der Waals surface area contributed by atoms with Crippen molar-refractivity contribution in [2.45, 2.75) is 31.5 Å². The van der Waals surface area contributed by atoms with Gasteiger partial charge in [0.2, 0.25) is 0 Å². The number of amides is 3. The van der Waals surface area contributed by atoms with Crippen LogP contribution >= 0.6 is 0 Å². The first kappa shape index (κ1) is 16.3. The van der Waals surface area contributed by atoms with E-state index in [4.69, 9.17) is 0 Å². The van der Waals surface area contributed by atoms with Gasteiger partial charge in [-0.2, -0.15) is 0 Å². The third-order valence-corrected chi connectivity index (χ3v) is 5.09. The molecule has 6 nitrogen and oxygen atoms in total. The first-order chi connectivity index (χ1) is 12.6. The van der Waals surface area contributed by atoms with Crippen molar-refractivity contribution in [2.75, 3.05) is 0 Å². The van der Waals surface area contributed by atoms with E-state index in [0.717, 1.165) is 21.6 Å². The molecule has 0 radical (unpaired) electrons. The summed E-state index contributed by atoms with van der Waals surface area (Å²) < 4.78 is 0. The molecule has 2 heterocycles. The number of urea groups is 1. The average Bonchev–Trinajstić information content (AvgIpc) is 2.89. The summed E-state index contributed by atoms with van der Waals surface area (Å²) in [4.78, 5) is 40.0. The van der Waals surface area contributed by atoms with E-state index in [0.29, 0.717) is 13.0 Å². The Hall–Kier alpha value is -3.15. The van der Waals surface area contributed by atoms with E-state index < -0.39 is 30.0 Å². The molecule has 0 spiro atoms. The summed E-state index contributed by atoms with van der Waals surface area (Å²) >= 11 is 0. The number of fused-ring (bicyclic) bond motifs is 2. The lowest BCUT2D eigenvalue weighted by atomic mass is 9.94. The van der Waals surface area contributed by atoms with Crippen molar-refractivity contribution < 1.29 is 19.5 Å². The van der Waals surface area contributed by atoms with Crippen molar-refractivity contribution in [3.63, 3.8) is 0 Å². The van der Waals surface area contributed by atoms with Gasteiger partial charge in [-0.05, 0) is 16.7 Å². The zero-order chi connectivity index (χ0) is 18.3. The zero-order valence-electron chi connectivity index (χ0n) is 14.0. The molecular weight excluding hydrogens is 332 g/mol. The van der Waals surface area contributed by atoms with Gasteiger partial charge in [0.1, 0.15) is 12.1 Å². The highest BCUT2D eigenvalue weighted by molar-refractivity contribution is 6.07. The maximum atomic E-state index is 12.9. The minimum Gasteiger partial charge on any atom is -0.480 e. The molecule has 1 N–H and O–H groups in total. The number of hydrogen-bond acceptors (Lipinski definition) is 3. The van der Waals surface area contributed by atoms with E-state index in [1.165, 1.54) is 4.90 Å². The van der Waals surface area contributed by atoms with Gasteiger partial charge >= 0.3 is 12.0 Å². The lowest BCUT2D eigenvalue weighted by molar-refractivity contribution is -0.146. The van der Waals surface area contributed by atoms with Crippen LogP contribution in [0, 0.1) is 0 Å². The fraction of sp³-hybridized carbons (Fsp3) is 0.250. The van der Waals surface area contributed by atoms with E-state index in [-0.39, 0.29) is 6.42 Å². The van der Waals surface area contributed by atoms with E-state index in [9.17, 15) is 19.5 Å². The number of imide groups is 1. The second kappa shape index (κ2) is 6.29. The molecule has 0 saturated carbocycles. The summed E-state index contributed by atoms with van der Waals surface area (Å²) in [6, 6.07) is 14.4. The van der Waals surface area contributed by atoms with Gasteiger partial charge in [0.15, 0.2) is 0 Å². The van der Waals surface area contributed by atoms with Crippen molar-refractivity contribution in [3.05, 3.63) is 71.3 Å². The number of nitrogens with zero attached hydrogens (tertiary/aromatic N) is 2. The fourth-order valence-electron chi connectivity index (χ4n) is 3.75. The third kappa shape index (κ3) is 2.63. The predicted octanol–water partition coefficient (Wildman–Crippen LogP) is 2.07. The van der Waals surface area contributed by atoms with E-state index in [1.807, 2.05) is 42.5 Å². The lowest BCUT2D eigenvalue weighted by Gasteiger charge is -2.28. The Morgan fingerprint density at radius 1 is 1.04 bits per heavy atom. The van der Waals surface area contributed by atoms with Gasteiger partial charge in [-0.15, -0.1) is 0 Å². The maximum absolute atomic E-state index is 12.9. The summed E-state index contributed by atoms with van der Waals surface area (Å²) in [5.41, 5.74) is 2.81. The highest BCUT2D eigenvalue weighted by Gasteiger charge is 2.51. The number of benzene rings is 2. The van der Waals surface area contributed by atoms with Crippen molar-refractivity contribution in [1.82, 2.24) is 9.80 Å². The van der Waals surface area contributed by atoms with Crippen LogP contribution in [0.4, 0.5) is 4.79 Å². The van der Waals surface area contributed by atoms with Crippen LogP contribution in [-0.4, -0.2) is 44.9 Å². The van der Waals surface area contributed by atoms with Crippen LogP contribution in [0.3, 0.4) is 0 Å². The zero-order valence-corrected chi connectivity index (χ0v) is 14.0. The number of carbonyl (C=O) groups excluding carboxylic acids is 2. The highest BCUT2D eigenvalue weighted by atomic mass is 16.4. The molecule has 2 aliphatic heterocycles. The van der Waals surface area contributed by atoms with Crippen LogP contribution in [0.15, 0.2) is 54.6 Å². The van der Waals surface area contributed by atoms with Crippen LogP contribution in [0.2, 0.25) is 0 Å². The lowest BCUT2D eigenvalue weighted by Crippen LogP contribution is -2.47. The summed E-state index contributed by atoms with van der Waals surface area (Å²) in [5, 5.41) is 9.67. The van der Waals surface area contributed by atoms with Crippen LogP contribution in [-0.2, 0) is 29.0 Å². The van der Waals surface area contributed by atoms with Crippen LogP contribution in [0.1, 0.15) is 16.7 Å². The van der Waals surface area contributed by atoms with Crippen molar-refractivity contribution in [1.29, 1.82) is 0 Å². The monoisotopic (exact) mass is 350 g/mol. The first-order valence-electron chi connectivity index (χ1n) is 8.53. The van der Waals surface area contributed by atoms with Crippen LogP contribution in [0.25, 0.3) is 0 Å². The number of hydrogen-bond donors (Lipinski definition) is 1. The molecule has 3 amide bonds. The van der Waals surface area contributed by atoms with Crippen LogP contribution in [0.5, 0.6) is 0 Å². The SMILES string of the molecule is O=C(O)[C@H](Cc1ccccc1)N1C(=O)[C@@H]2Cc3ccccc3CN2C1=O. The molecule has 26 heavy (non-hydrogen) atoms. The molecule has 132 valence electrons. The molecule has 0 aliphatic carbocycles. The number of aliphatic carboxylic acids is 1. The molecular formula is C20H18N2O4. The third-order valence-electron chi connectivity index (χ3n) is 5.09. The second-order valence-electron chi connectivity index (χ2n) is 6.65. The summed E-state index contributed by atoms with van der Waals surface area (Å²) in [7, 11) is 0. The van der Waals surface area contributed by atoms with Gasteiger partial charge in [0.05, 0.1) is 0 Å². The molecule has 4 rings (SSSR count). The smallest absolute Gasteiger partial charge is 0.328 e. The van der Waals surface area contributed by atoms with Gasteiger partial charge < -0.3 is 10.0 Å². The predicted molar refractivity (Wildman–Crippen MR) is 93.3 cm³/mol. The largest absolute Gasteiger partial charge is 0.480 e. The van der Waals surface area contributed by atoms with Gasteiger partial charge in [-0.3, -0.25) is 4.79 Å². The van der Waals surface area contributed by atoms with E-state index >= 15 is 0 Å². The molecule has 0 bridgehead atoms. The average molecular weight is 350 g/mol. The minimum atomic E-state index is -1.20. The topological polar surface area (TPSA) is 77.9 Å². The Bertz CT molecular complexity index is 837. The molecule has 0 unspecified atom stereocenters. The van der Waals surface area contributed by atoms with Gasteiger partial charge in [0.25, 0.3) is 5.91 Å². The molecule has 2 atom stereocenters. The molecule has 2 aromatic rings. The first-order valence-corrected chi connectivity index (χ1v) is 8.53. The normalized spacial score (nSPS) is 19.9. The van der Waals surface area contributed by atoms with Crippen molar-refractivity contribution in [2.24, 2.45) is 0 Å². The number of carbonyl (C=O) groups is 3. The van der Waals surface area contributed by atoms with Gasteiger partial charge in [-0.25, -0.2) is 14.5 Å². The Morgan fingerprint density at radius 2 is 1.69 bits per heavy atom. The summed E-state index contributed by atoms with van der Waals surface area (Å²) in [6.07, 6.45) is 0.524. The molecule has 2 aliphatic rings. The highest BCUT2D eigenvalue weighted by Crippen LogP contribution is 2.31. The fourth-order valence-corrected chi connectivity index (χ4v) is 3.75. The second-order valence-corrected chi connectivity index (χ2v) is 6.65.